The second-order valence-electron chi connectivity index (χ2n) is 5.37. The molecule has 1 aromatic heterocycles. The van der Waals surface area contributed by atoms with Crippen LogP contribution in [0.15, 0.2) is 4.52 Å². The number of rotatable bonds is 3. The summed E-state index contributed by atoms with van der Waals surface area (Å²) in [7, 11) is 0. The van der Waals surface area contributed by atoms with E-state index in [2.05, 4.69) is 35.8 Å². The summed E-state index contributed by atoms with van der Waals surface area (Å²) in [5.41, 5.74) is 6.00. The summed E-state index contributed by atoms with van der Waals surface area (Å²) in [4.78, 5) is 6.74. The van der Waals surface area contributed by atoms with Crippen molar-refractivity contribution in [3.05, 3.63) is 11.7 Å². The van der Waals surface area contributed by atoms with E-state index in [-0.39, 0.29) is 0 Å². The van der Waals surface area contributed by atoms with Crippen LogP contribution in [-0.2, 0) is 6.54 Å². The first-order valence-corrected chi connectivity index (χ1v) is 6.36. The van der Waals surface area contributed by atoms with Crippen molar-refractivity contribution in [3.63, 3.8) is 0 Å². The second-order valence-corrected chi connectivity index (χ2v) is 5.37. The topological polar surface area (TPSA) is 68.2 Å². The molecule has 2 unspecified atom stereocenters. The molecule has 0 aromatic carbocycles. The number of nitrogens with two attached hydrogens (primary N) is 1. The van der Waals surface area contributed by atoms with E-state index in [1.807, 2.05) is 0 Å². The lowest BCUT2D eigenvalue weighted by Gasteiger charge is -2.34. The minimum atomic E-state index is 0.321. The molecule has 5 nitrogen and oxygen atoms in total. The van der Waals surface area contributed by atoms with Crippen molar-refractivity contribution in [1.29, 1.82) is 0 Å². The lowest BCUT2D eigenvalue weighted by atomic mass is 9.95. The van der Waals surface area contributed by atoms with Crippen molar-refractivity contribution in [2.45, 2.75) is 45.7 Å². The molecule has 2 rings (SSSR count). The Morgan fingerprint density at radius 2 is 2.29 bits per heavy atom. The lowest BCUT2D eigenvalue weighted by Crippen LogP contribution is -2.45. The zero-order valence-corrected chi connectivity index (χ0v) is 10.9. The highest BCUT2D eigenvalue weighted by molar-refractivity contribution is 4.92. The van der Waals surface area contributed by atoms with Crippen LogP contribution >= 0.6 is 0 Å². The van der Waals surface area contributed by atoms with Gasteiger partial charge >= 0.3 is 0 Å². The standard InChI is InChI=1S/C12H22N4O/c1-8(2)12-14-11(17-15-12)7-16-5-4-10(13)9(3)6-16/h8-10H,4-7,13H2,1-3H3. The Morgan fingerprint density at radius 3 is 2.88 bits per heavy atom. The molecule has 0 saturated carbocycles. The van der Waals surface area contributed by atoms with E-state index >= 15 is 0 Å². The molecule has 1 aromatic rings. The van der Waals surface area contributed by atoms with Gasteiger partial charge in [0.2, 0.25) is 5.89 Å². The minimum absolute atomic E-state index is 0.321. The Bertz CT molecular complexity index is 363. The van der Waals surface area contributed by atoms with Gasteiger partial charge in [-0.15, -0.1) is 0 Å². The molecule has 0 bridgehead atoms. The molecule has 0 spiro atoms. The Labute approximate surface area is 102 Å². The number of likely N-dealkylation sites (tertiary alicyclic amines) is 1. The molecule has 1 aliphatic heterocycles. The van der Waals surface area contributed by atoms with Gasteiger partial charge in [-0.25, -0.2) is 0 Å². The highest BCUT2D eigenvalue weighted by Crippen LogP contribution is 2.17. The molecule has 0 radical (unpaired) electrons. The summed E-state index contributed by atoms with van der Waals surface area (Å²) in [6.07, 6.45) is 1.05. The van der Waals surface area contributed by atoms with Crippen molar-refractivity contribution in [2.24, 2.45) is 11.7 Å². The van der Waals surface area contributed by atoms with E-state index in [0.717, 1.165) is 37.8 Å². The van der Waals surface area contributed by atoms with Crippen molar-refractivity contribution < 1.29 is 4.52 Å². The molecule has 0 amide bonds. The van der Waals surface area contributed by atoms with Crippen LogP contribution in [0.25, 0.3) is 0 Å². The summed E-state index contributed by atoms with van der Waals surface area (Å²) in [5, 5.41) is 3.98. The Hall–Kier alpha value is -0.940. The van der Waals surface area contributed by atoms with Gasteiger partial charge in [0.15, 0.2) is 5.82 Å². The summed E-state index contributed by atoms with van der Waals surface area (Å²) in [6, 6.07) is 0.333. The molecular weight excluding hydrogens is 216 g/mol. The highest BCUT2D eigenvalue weighted by Gasteiger charge is 2.24. The van der Waals surface area contributed by atoms with Crippen molar-refractivity contribution in [2.75, 3.05) is 13.1 Å². The number of nitrogens with zero attached hydrogens (tertiary/aromatic N) is 3. The summed E-state index contributed by atoms with van der Waals surface area (Å²) in [6.45, 7) is 9.11. The van der Waals surface area contributed by atoms with Gasteiger partial charge < -0.3 is 10.3 Å². The van der Waals surface area contributed by atoms with Crippen molar-refractivity contribution >= 4 is 0 Å². The highest BCUT2D eigenvalue weighted by atomic mass is 16.5. The maximum absolute atomic E-state index is 6.00. The SMILES string of the molecule is CC(C)c1noc(CN2CCC(N)C(C)C2)n1. The van der Waals surface area contributed by atoms with Gasteiger partial charge in [-0.3, -0.25) is 4.90 Å². The van der Waals surface area contributed by atoms with Gasteiger partial charge in [0.25, 0.3) is 0 Å². The maximum atomic E-state index is 6.00. The number of aromatic nitrogens is 2. The van der Waals surface area contributed by atoms with Crippen molar-refractivity contribution in [3.8, 4) is 0 Å². The zero-order chi connectivity index (χ0) is 12.4. The third-order valence-corrected chi connectivity index (χ3v) is 3.41. The molecule has 5 heteroatoms. The van der Waals surface area contributed by atoms with Gasteiger partial charge in [0, 0.05) is 25.0 Å². The van der Waals surface area contributed by atoms with E-state index in [1.165, 1.54) is 0 Å². The van der Waals surface area contributed by atoms with Gasteiger partial charge in [-0.05, 0) is 12.3 Å². The number of piperidine rings is 1. The Morgan fingerprint density at radius 1 is 1.53 bits per heavy atom. The molecule has 2 heterocycles. The molecule has 1 saturated heterocycles. The fourth-order valence-electron chi connectivity index (χ4n) is 2.15. The van der Waals surface area contributed by atoms with Crippen LogP contribution in [0.4, 0.5) is 0 Å². The van der Waals surface area contributed by atoms with E-state index in [9.17, 15) is 0 Å². The number of hydrogen-bond acceptors (Lipinski definition) is 5. The van der Waals surface area contributed by atoms with Crippen LogP contribution in [0.5, 0.6) is 0 Å². The Balaban J connectivity index is 1.92. The predicted octanol–water partition coefficient (Wildman–Crippen LogP) is 1.36. The smallest absolute Gasteiger partial charge is 0.240 e. The quantitative estimate of drug-likeness (QED) is 0.861. The summed E-state index contributed by atoms with van der Waals surface area (Å²) < 4.78 is 5.26. The monoisotopic (exact) mass is 238 g/mol. The molecular formula is C12H22N4O. The predicted molar refractivity (Wildman–Crippen MR) is 65.4 cm³/mol. The van der Waals surface area contributed by atoms with E-state index in [0.29, 0.717) is 17.9 Å². The van der Waals surface area contributed by atoms with E-state index < -0.39 is 0 Å². The molecule has 0 aliphatic carbocycles. The summed E-state index contributed by atoms with van der Waals surface area (Å²) in [5.74, 6) is 2.37. The molecule has 17 heavy (non-hydrogen) atoms. The molecule has 2 atom stereocenters. The first kappa shape index (κ1) is 12.5. The van der Waals surface area contributed by atoms with Crippen LogP contribution in [0.2, 0.25) is 0 Å². The first-order valence-electron chi connectivity index (χ1n) is 6.36. The number of hydrogen-bond donors (Lipinski definition) is 1. The van der Waals surface area contributed by atoms with Gasteiger partial charge in [-0.2, -0.15) is 4.98 Å². The third-order valence-electron chi connectivity index (χ3n) is 3.41. The van der Waals surface area contributed by atoms with Crippen LogP contribution in [0.3, 0.4) is 0 Å². The fourth-order valence-corrected chi connectivity index (χ4v) is 2.15. The van der Waals surface area contributed by atoms with Gasteiger partial charge in [0.05, 0.1) is 6.54 Å². The third kappa shape index (κ3) is 3.04. The normalized spacial score (nSPS) is 26.6. The molecule has 2 N–H and O–H groups in total. The average Bonchev–Trinajstić information content (AvgIpc) is 2.72. The second kappa shape index (κ2) is 5.14. The lowest BCUT2D eigenvalue weighted by molar-refractivity contribution is 0.142. The zero-order valence-electron chi connectivity index (χ0n) is 10.9. The van der Waals surface area contributed by atoms with Gasteiger partial charge in [0.1, 0.15) is 0 Å². The average molecular weight is 238 g/mol. The van der Waals surface area contributed by atoms with E-state index in [1.54, 1.807) is 0 Å². The maximum Gasteiger partial charge on any atom is 0.240 e. The summed E-state index contributed by atoms with van der Waals surface area (Å²) >= 11 is 0. The Kier molecular flexibility index (Phi) is 3.79. The van der Waals surface area contributed by atoms with Crippen LogP contribution < -0.4 is 5.73 Å². The van der Waals surface area contributed by atoms with Crippen LogP contribution in [-0.4, -0.2) is 34.2 Å². The fraction of sp³-hybridized carbons (Fsp3) is 0.833. The molecule has 1 fully saturated rings. The molecule has 1 aliphatic rings. The van der Waals surface area contributed by atoms with Crippen molar-refractivity contribution in [1.82, 2.24) is 15.0 Å². The van der Waals surface area contributed by atoms with E-state index in [4.69, 9.17) is 10.3 Å². The first-order chi connectivity index (χ1) is 8.06. The van der Waals surface area contributed by atoms with Crippen LogP contribution in [0, 0.1) is 5.92 Å². The van der Waals surface area contributed by atoms with Gasteiger partial charge in [-0.1, -0.05) is 25.9 Å². The van der Waals surface area contributed by atoms with Crippen LogP contribution in [0.1, 0.15) is 44.8 Å². The minimum Gasteiger partial charge on any atom is -0.338 e. The largest absolute Gasteiger partial charge is 0.338 e. The molecule has 96 valence electrons.